The maximum Gasteiger partial charge on any atom is 0.107 e. The van der Waals surface area contributed by atoms with E-state index < -0.39 is 5.60 Å². The van der Waals surface area contributed by atoms with Crippen LogP contribution in [0.4, 0.5) is 4.53 Å². The van der Waals surface area contributed by atoms with Crippen molar-refractivity contribution in [2.24, 2.45) is 23.7 Å². The third-order valence-corrected chi connectivity index (χ3v) is 4.70. The van der Waals surface area contributed by atoms with Gasteiger partial charge in [-0.3, -0.25) is 0 Å². The van der Waals surface area contributed by atoms with Crippen LogP contribution in [-0.4, -0.2) is 5.60 Å². The molecule has 0 spiro atoms. The highest BCUT2D eigenvalue weighted by atomic mass is 19.3. The Kier molecular flexibility index (Phi) is 3.07. The van der Waals surface area contributed by atoms with Crippen LogP contribution in [0.15, 0.2) is 0 Å². The molecule has 2 aliphatic carbocycles. The van der Waals surface area contributed by atoms with E-state index in [4.69, 9.17) is 0 Å². The molecule has 2 saturated carbocycles. The summed E-state index contributed by atoms with van der Waals surface area (Å²) in [6.07, 6.45) is 5.77. The average molecular weight is 214 g/mol. The van der Waals surface area contributed by atoms with Crippen molar-refractivity contribution in [3.8, 4) is 0 Å². The zero-order valence-corrected chi connectivity index (χ0v) is 10.1. The Labute approximate surface area is 92.3 Å². The summed E-state index contributed by atoms with van der Waals surface area (Å²) in [6, 6.07) is 0. The quantitative estimate of drug-likeness (QED) is 0.671. The summed E-state index contributed by atoms with van der Waals surface area (Å²) in [5.74, 6) is 3.07. The lowest BCUT2D eigenvalue weighted by molar-refractivity contribution is -0.228. The molecule has 0 amide bonds. The predicted octanol–water partition coefficient (Wildman–Crippen LogP) is 4.13. The number of rotatable bonds is 2. The van der Waals surface area contributed by atoms with E-state index >= 15 is 0 Å². The van der Waals surface area contributed by atoms with Crippen LogP contribution in [0.1, 0.15) is 52.9 Å². The van der Waals surface area contributed by atoms with Gasteiger partial charge in [0.25, 0.3) is 0 Å². The first kappa shape index (κ1) is 11.4. The van der Waals surface area contributed by atoms with Crippen molar-refractivity contribution >= 4 is 0 Å². The third kappa shape index (κ3) is 2.20. The molecule has 0 aliphatic heterocycles. The van der Waals surface area contributed by atoms with Gasteiger partial charge in [0.15, 0.2) is 0 Å². The van der Waals surface area contributed by atoms with E-state index in [1.54, 1.807) is 0 Å². The molecular formula is C13H23FO. The van der Waals surface area contributed by atoms with Crippen LogP contribution >= 0.6 is 0 Å². The molecule has 0 radical (unpaired) electrons. The minimum atomic E-state index is -0.471. The molecule has 0 N–H and O–H groups in total. The van der Waals surface area contributed by atoms with Crippen LogP contribution in [0.2, 0.25) is 0 Å². The molecule has 0 aromatic carbocycles. The molecule has 88 valence electrons. The normalized spacial score (nSPS) is 45.8. The minimum Gasteiger partial charge on any atom is -0.188 e. The maximum atomic E-state index is 12.5. The lowest BCUT2D eigenvalue weighted by Gasteiger charge is -2.33. The van der Waals surface area contributed by atoms with E-state index in [9.17, 15) is 4.53 Å². The summed E-state index contributed by atoms with van der Waals surface area (Å²) in [5, 5.41) is 0. The molecule has 2 rings (SSSR count). The first-order chi connectivity index (χ1) is 7.04. The van der Waals surface area contributed by atoms with Crippen LogP contribution in [0.25, 0.3) is 0 Å². The summed E-state index contributed by atoms with van der Waals surface area (Å²) in [7, 11) is 0. The van der Waals surface area contributed by atoms with E-state index in [0.29, 0.717) is 5.92 Å². The van der Waals surface area contributed by atoms with Gasteiger partial charge < -0.3 is 0 Å². The Morgan fingerprint density at radius 2 is 1.87 bits per heavy atom. The van der Waals surface area contributed by atoms with Gasteiger partial charge in [-0.25, -0.2) is 0 Å². The molecule has 0 heterocycles. The van der Waals surface area contributed by atoms with E-state index in [1.807, 2.05) is 6.92 Å². The van der Waals surface area contributed by atoms with E-state index in [0.717, 1.165) is 30.6 Å². The molecule has 15 heavy (non-hydrogen) atoms. The molecule has 0 bridgehead atoms. The second-order valence-corrected chi connectivity index (χ2v) is 6.27. The summed E-state index contributed by atoms with van der Waals surface area (Å²) >= 11 is 0. The molecular weight excluding hydrogens is 191 g/mol. The van der Waals surface area contributed by atoms with E-state index in [-0.39, 0.29) is 0 Å². The van der Waals surface area contributed by atoms with Gasteiger partial charge in [-0.1, -0.05) is 13.8 Å². The van der Waals surface area contributed by atoms with Crippen molar-refractivity contribution in [2.75, 3.05) is 0 Å². The fourth-order valence-electron chi connectivity index (χ4n) is 3.74. The van der Waals surface area contributed by atoms with Gasteiger partial charge >= 0.3 is 0 Å². The van der Waals surface area contributed by atoms with Crippen LogP contribution in [-0.2, 0) is 4.94 Å². The summed E-state index contributed by atoms with van der Waals surface area (Å²) < 4.78 is 12.5. The topological polar surface area (TPSA) is 9.23 Å². The summed E-state index contributed by atoms with van der Waals surface area (Å²) in [6.45, 7) is 6.55. The molecule has 0 aromatic heterocycles. The Hall–Kier alpha value is -0.110. The molecule has 2 fully saturated rings. The van der Waals surface area contributed by atoms with Gasteiger partial charge in [0, 0.05) is 0 Å². The fourth-order valence-corrected chi connectivity index (χ4v) is 3.74. The molecule has 1 nitrogen and oxygen atoms in total. The number of halogens is 1. The second kappa shape index (κ2) is 4.04. The van der Waals surface area contributed by atoms with Crippen LogP contribution in [0, 0.1) is 23.7 Å². The average Bonchev–Trinajstić information content (AvgIpc) is 2.53. The van der Waals surface area contributed by atoms with Crippen molar-refractivity contribution in [3.05, 3.63) is 0 Å². The Balaban J connectivity index is 1.98. The fraction of sp³-hybridized carbons (Fsp3) is 1.00. The third-order valence-electron chi connectivity index (χ3n) is 4.70. The molecule has 2 heteroatoms. The smallest absolute Gasteiger partial charge is 0.107 e. The highest BCUT2D eigenvalue weighted by molar-refractivity contribution is 4.95. The zero-order valence-electron chi connectivity index (χ0n) is 10.1. The molecule has 0 saturated heterocycles. The van der Waals surface area contributed by atoms with Gasteiger partial charge in [-0.15, -0.1) is 0 Å². The van der Waals surface area contributed by atoms with Crippen LogP contribution in [0.3, 0.4) is 0 Å². The predicted molar refractivity (Wildman–Crippen MR) is 59.0 cm³/mol. The summed E-state index contributed by atoms with van der Waals surface area (Å²) in [4.78, 5) is 4.19. The van der Waals surface area contributed by atoms with Crippen molar-refractivity contribution in [2.45, 2.75) is 58.5 Å². The van der Waals surface area contributed by atoms with Gasteiger partial charge in [0.2, 0.25) is 0 Å². The van der Waals surface area contributed by atoms with Gasteiger partial charge in [0.1, 0.15) is 5.60 Å². The SMILES string of the molecule is CC(C)C1CCC2CC(C)(OF)CC2C1. The van der Waals surface area contributed by atoms with Crippen molar-refractivity contribution in [1.29, 1.82) is 0 Å². The molecule has 2 aliphatic rings. The Bertz CT molecular complexity index is 229. The van der Waals surface area contributed by atoms with E-state index in [1.165, 1.54) is 19.3 Å². The first-order valence-corrected chi connectivity index (χ1v) is 6.34. The van der Waals surface area contributed by atoms with Crippen LogP contribution in [0.5, 0.6) is 0 Å². The number of hydrogen-bond acceptors (Lipinski definition) is 1. The second-order valence-electron chi connectivity index (χ2n) is 6.27. The standard InChI is InChI=1S/C13H23FO/c1-9(2)10-4-5-11-7-13(3,15-14)8-12(11)6-10/h9-12H,4-8H2,1-3H3. The molecule has 4 atom stereocenters. The highest BCUT2D eigenvalue weighted by Crippen LogP contribution is 2.51. The monoisotopic (exact) mass is 214 g/mol. The van der Waals surface area contributed by atoms with Gasteiger partial charge in [0.05, 0.1) is 0 Å². The molecule has 4 unspecified atom stereocenters. The van der Waals surface area contributed by atoms with Crippen LogP contribution < -0.4 is 0 Å². The van der Waals surface area contributed by atoms with Crippen molar-refractivity contribution in [3.63, 3.8) is 0 Å². The van der Waals surface area contributed by atoms with Gasteiger partial charge in [-0.2, -0.15) is 4.94 Å². The minimum absolute atomic E-state index is 0.471. The largest absolute Gasteiger partial charge is 0.188 e. The highest BCUT2D eigenvalue weighted by Gasteiger charge is 2.46. The molecule has 0 aromatic rings. The Morgan fingerprint density at radius 1 is 1.20 bits per heavy atom. The van der Waals surface area contributed by atoms with Crippen molar-refractivity contribution < 1.29 is 9.47 Å². The maximum absolute atomic E-state index is 12.5. The lowest BCUT2D eigenvalue weighted by Crippen LogP contribution is -2.23. The number of fused-ring (bicyclic) bond motifs is 1. The lowest BCUT2D eigenvalue weighted by atomic mass is 9.72. The first-order valence-electron chi connectivity index (χ1n) is 6.34. The Morgan fingerprint density at radius 3 is 2.47 bits per heavy atom. The summed E-state index contributed by atoms with van der Waals surface area (Å²) in [5.41, 5.74) is -0.471. The van der Waals surface area contributed by atoms with Crippen molar-refractivity contribution in [1.82, 2.24) is 0 Å². The number of hydrogen-bond donors (Lipinski definition) is 0. The van der Waals surface area contributed by atoms with Gasteiger partial charge in [-0.05, 0) is 67.2 Å². The van der Waals surface area contributed by atoms with E-state index in [2.05, 4.69) is 18.8 Å². The zero-order chi connectivity index (χ0) is 11.1.